The average molecular weight is 496 g/mol. The highest BCUT2D eigenvalue weighted by atomic mass is 35.5. The summed E-state index contributed by atoms with van der Waals surface area (Å²) in [6.45, 7) is 3.79. The monoisotopic (exact) mass is 495 g/mol. The molecular weight excluding hydrogens is 469 g/mol. The third kappa shape index (κ3) is 4.62. The number of nitrogens with zero attached hydrogens (tertiary/aromatic N) is 5. The first-order chi connectivity index (χ1) is 15.7. The molecule has 1 atom stereocenters. The van der Waals surface area contributed by atoms with Gasteiger partial charge in [-0.2, -0.15) is 4.98 Å². The van der Waals surface area contributed by atoms with Crippen LogP contribution in [0.4, 0.5) is 5.95 Å². The highest BCUT2D eigenvalue weighted by Gasteiger charge is 2.26. The predicted molar refractivity (Wildman–Crippen MR) is 129 cm³/mol. The number of aryl methyl sites for hydroxylation is 1. The smallest absolute Gasteiger partial charge is 0.332 e. The van der Waals surface area contributed by atoms with Crippen LogP contribution in [0.3, 0.4) is 0 Å². The fourth-order valence-corrected chi connectivity index (χ4v) is 4.56. The number of benzene rings is 1. The second kappa shape index (κ2) is 9.40. The zero-order chi connectivity index (χ0) is 23.9. The summed E-state index contributed by atoms with van der Waals surface area (Å²) < 4.78 is 9.80. The van der Waals surface area contributed by atoms with Crippen LogP contribution in [0.5, 0.6) is 5.75 Å². The Labute approximate surface area is 200 Å². The number of imidazole rings is 1. The van der Waals surface area contributed by atoms with Gasteiger partial charge in [-0.1, -0.05) is 30.1 Å². The zero-order valence-electron chi connectivity index (χ0n) is 18.8. The molecule has 1 saturated heterocycles. The lowest BCUT2D eigenvalue weighted by Crippen LogP contribution is -2.38. The van der Waals surface area contributed by atoms with Gasteiger partial charge in [0.15, 0.2) is 11.2 Å². The number of rotatable bonds is 6. The predicted octanol–water partition coefficient (Wildman–Crippen LogP) is 2.42. The number of aliphatic hydroxyl groups excluding tert-OH is 1. The number of halogens is 2. The van der Waals surface area contributed by atoms with Crippen LogP contribution in [0, 0.1) is 5.92 Å². The van der Waals surface area contributed by atoms with Crippen molar-refractivity contribution in [2.75, 3.05) is 24.6 Å². The zero-order valence-corrected chi connectivity index (χ0v) is 20.3. The number of aromatic nitrogens is 4. The van der Waals surface area contributed by atoms with Crippen molar-refractivity contribution in [3.05, 3.63) is 49.1 Å². The molecular formula is C22H27Cl2N5O4. The number of anilines is 1. The largest absolute Gasteiger partial charge is 0.489 e. The molecule has 9 nitrogen and oxygen atoms in total. The Morgan fingerprint density at radius 3 is 2.55 bits per heavy atom. The highest BCUT2D eigenvalue weighted by molar-refractivity contribution is 6.35. The van der Waals surface area contributed by atoms with E-state index in [0.29, 0.717) is 33.3 Å². The molecule has 1 aliphatic rings. The van der Waals surface area contributed by atoms with Crippen molar-refractivity contribution in [1.82, 2.24) is 18.7 Å². The van der Waals surface area contributed by atoms with Gasteiger partial charge in [0, 0.05) is 32.2 Å². The minimum atomic E-state index is -0.960. The Morgan fingerprint density at radius 1 is 1.18 bits per heavy atom. The van der Waals surface area contributed by atoms with Gasteiger partial charge < -0.3 is 19.3 Å². The van der Waals surface area contributed by atoms with Crippen molar-refractivity contribution in [2.45, 2.75) is 32.4 Å². The third-order valence-electron chi connectivity index (χ3n) is 6.11. The molecule has 3 heterocycles. The van der Waals surface area contributed by atoms with Crippen molar-refractivity contribution < 1.29 is 9.84 Å². The maximum atomic E-state index is 13.0. The maximum absolute atomic E-state index is 13.0. The number of aliphatic hydroxyl groups is 1. The minimum Gasteiger partial charge on any atom is -0.489 e. The van der Waals surface area contributed by atoms with E-state index < -0.39 is 17.4 Å². The van der Waals surface area contributed by atoms with Gasteiger partial charge in [-0.3, -0.25) is 13.9 Å². The van der Waals surface area contributed by atoms with Crippen molar-refractivity contribution in [3.63, 3.8) is 0 Å². The molecule has 0 radical (unpaired) electrons. The molecule has 1 fully saturated rings. The fourth-order valence-electron chi connectivity index (χ4n) is 4.10. The van der Waals surface area contributed by atoms with Crippen LogP contribution in [0.25, 0.3) is 11.2 Å². The highest BCUT2D eigenvalue weighted by Crippen LogP contribution is 2.28. The summed E-state index contributed by atoms with van der Waals surface area (Å²) in [5, 5.41) is 11.6. The molecule has 33 heavy (non-hydrogen) atoms. The number of hydrogen-bond acceptors (Lipinski definition) is 6. The van der Waals surface area contributed by atoms with Gasteiger partial charge in [-0.05, 0) is 37.0 Å². The molecule has 1 N–H and O–H groups in total. The Kier molecular flexibility index (Phi) is 6.74. The van der Waals surface area contributed by atoms with Crippen molar-refractivity contribution in [1.29, 1.82) is 0 Å². The number of ether oxygens (including phenoxy) is 1. The topological polar surface area (TPSA) is 94.5 Å². The molecule has 0 bridgehead atoms. The fraction of sp³-hybridized carbons (Fsp3) is 0.500. The normalized spacial score (nSPS) is 15.9. The Morgan fingerprint density at radius 2 is 1.88 bits per heavy atom. The summed E-state index contributed by atoms with van der Waals surface area (Å²) in [5.74, 6) is 1.58. The summed E-state index contributed by atoms with van der Waals surface area (Å²) in [6, 6.07) is 4.85. The molecule has 1 aliphatic heterocycles. The molecule has 11 heteroatoms. The van der Waals surface area contributed by atoms with E-state index in [1.54, 1.807) is 29.8 Å². The Hall–Kier alpha value is -2.49. The number of fused-ring (bicyclic) bond motifs is 1. The van der Waals surface area contributed by atoms with Crippen molar-refractivity contribution in [2.24, 2.45) is 20.0 Å². The molecule has 0 aliphatic carbocycles. The van der Waals surface area contributed by atoms with Crippen molar-refractivity contribution >= 4 is 40.3 Å². The summed E-state index contributed by atoms with van der Waals surface area (Å²) in [7, 11) is 3.03. The standard InChI is InChI=1S/C22H27Cl2N5O4/c1-13-6-8-28(9-7-13)21-25-19-18(20(31)27(3)22(32)26(19)2)29(21)11-15(30)12-33-17-5-4-14(23)10-16(17)24/h4-5,10,13,15,30H,6-9,11-12H2,1-3H3/t15-/m0/s1. The first-order valence-corrected chi connectivity index (χ1v) is 11.6. The summed E-state index contributed by atoms with van der Waals surface area (Å²) >= 11 is 12.1. The van der Waals surface area contributed by atoms with E-state index in [4.69, 9.17) is 27.9 Å². The van der Waals surface area contributed by atoms with Crippen LogP contribution in [0.2, 0.25) is 10.0 Å². The number of hydrogen-bond donors (Lipinski definition) is 1. The SMILES string of the molecule is CC1CCN(c2nc3c(c(=O)n(C)c(=O)n3C)n2C[C@H](O)COc2ccc(Cl)cc2Cl)CC1. The lowest BCUT2D eigenvalue weighted by Gasteiger charge is -2.31. The van der Waals surface area contributed by atoms with Gasteiger partial charge in [-0.15, -0.1) is 0 Å². The molecule has 3 aromatic rings. The van der Waals surface area contributed by atoms with Gasteiger partial charge >= 0.3 is 5.69 Å². The van der Waals surface area contributed by atoms with Crippen LogP contribution in [0.15, 0.2) is 27.8 Å². The molecule has 178 valence electrons. The van der Waals surface area contributed by atoms with Crippen LogP contribution in [-0.4, -0.2) is 49.6 Å². The number of piperidine rings is 1. The molecule has 0 unspecified atom stereocenters. The van der Waals surface area contributed by atoms with Gasteiger partial charge in [0.05, 0.1) is 11.6 Å². The molecule has 0 spiro atoms. The van der Waals surface area contributed by atoms with E-state index in [-0.39, 0.29) is 18.7 Å². The third-order valence-corrected chi connectivity index (χ3v) is 6.64. The first-order valence-electron chi connectivity index (χ1n) is 10.8. The van der Waals surface area contributed by atoms with E-state index in [2.05, 4.69) is 16.8 Å². The van der Waals surface area contributed by atoms with Crippen molar-refractivity contribution in [3.8, 4) is 5.75 Å². The second-order valence-corrected chi connectivity index (χ2v) is 9.45. The minimum absolute atomic E-state index is 0.0520. The second-order valence-electron chi connectivity index (χ2n) is 8.61. The molecule has 1 aromatic carbocycles. The van der Waals surface area contributed by atoms with Crippen LogP contribution >= 0.6 is 23.2 Å². The lowest BCUT2D eigenvalue weighted by molar-refractivity contribution is 0.0936. The van der Waals surface area contributed by atoms with Gasteiger partial charge in [-0.25, -0.2) is 4.79 Å². The molecule has 2 aromatic heterocycles. The molecule has 0 amide bonds. The molecule has 4 rings (SSSR count). The van der Waals surface area contributed by atoms with Gasteiger partial charge in [0.2, 0.25) is 5.95 Å². The van der Waals surface area contributed by atoms with Gasteiger partial charge in [0.1, 0.15) is 18.5 Å². The average Bonchev–Trinajstić information content (AvgIpc) is 3.15. The quantitative estimate of drug-likeness (QED) is 0.564. The van der Waals surface area contributed by atoms with Crippen LogP contribution in [0.1, 0.15) is 19.8 Å². The Balaban J connectivity index is 1.69. The van der Waals surface area contributed by atoms with E-state index in [9.17, 15) is 14.7 Å². The lowest BCUT2D eigenvalue weighted by atomic mass is 10.00. The molecule has 0 saturated carbocycles. The van der Waals surface area contributed by atoms with E-state index >= 15 is 0 Å². The van der Waals surface area contributed by atoms with E-state index in [0.717, 1.165) is 30.5 Å². The Bertz CT molecular complexity index is 1290. The van der Waals surface area contributed by atoms with Crippen LogP contribution < -0.4 is 20.9 Å². The first kappa shape index (κ1) is 23.7. The van der Waals surface area contributed by atoms with Crippen LogP contribution in [-0.2, 0) is 20.6 Å². The van der Waals surface area contributed by atoms with E-state index in [1.807, 2.05) is 0 Å². The maximum Gasteiger partial charge on any atom is 0.332 e. The van der Waals surface area contributed by atoms with Gasteiger partial charge in [0.25, 0.3) is 5.56 Å². The summed E-state index contributed by atoms with van der Waals surface area (Å²) in [5.41, 5.74) is -0.328. The summed E-state index contributed by atoms with van der Waals surface area (Å²) in [6.07, 6.45) is 1.04. The summed E-state index contributed by atoms with van der Waals surface area (Å²) in [4.78, 5) is 32.3. The van der Waals surface area contributed by atoms with E-state index in [1.165, 1.54) is 11.6 Å².